The van der Waals surface area contributed by atoms with E-state index in [-0.39, 0.29) is 5.83 Å². The van der Waals surface area contributed by atoms with Gasteiger partial charge in [0.15, 0.2) is 5.76 Å². The Morgan fingerprint density at radius 1 is 1.27 bits per heavy atom. The van der Waals surface area contributed by atoms with Crippen molar-refractivity contribution < 1.29 is 9.13 Å². The summed E-state index contributed by atoms with van der Waals surface area (Å²) >= 11 is 0. The molecule has 0 heterocycles. The van der Waals surface area contributed by atoms with Gasteiger partial charge in [-0.2, -0.15) is 0 Å². The molecule has 0 saturated heterocycles. The van der Waals surface area contributed by atoms with Crippen LogP contribution in [-0.2, 0) is 4.74 Å². The van der Waals surface area contributed by atoms with Crippen LogP contribution < -0.4 is 0 Å². The smallest absolute Gasteiger partial charge is 0.150 e. The van der Waals surface area contributed by atoms with Gasteiger partial charge in [-0.05, 0) is 18.9 Å². The van der Waals surface area contributed by atoms with Gasteiger partial charge in [-0.3, -0.25) is 0 Å². The summed E-state index contributed by atoms with van der Waals surface area (Å²) in [5.41, 5.74) is 0. The minimum Gasteiger partial charge on any atom is -0.491 e. The first-order valence-electron chi connectivity index (χ1n) is 5.87. The van der Waals surface area contributed by atoms with Crippen LogP contribution in [-0.4, -0.2) is 6.61 Å². The first-order valence-corrected chi connectivity index (χ1v) is 5.87. The van der Waals surface area contributed by atoms with Crippen LogP contribution in [0.3, 0.4) is 0 Å². The number of rotatable bonds is 7. The largest absolute Gasteiger partial charge is 0.491 e. The maximum atomic E-state index is 13.1. The van der Waals surface area contributed by atoms with Crippen LogP contribution in [0, 0.1) is 6.42 Å². The van der Waals surface area contributed by atoms with Crippen LogP contribution in [0.15, 0.2) is 23.7 Å². The highest BCUT2D eigenvalue weighted by Gasteiger charge is 2.08. The second-order valence-corrected chi connectivity index (χ2v) is 3.82. The molecule has 0 fully saturated rings. The van der Waals surface area contributed by atoms with Crippen molar-refractivity contribution >= 4 is 0 Å². The fourth-order valence-corrected chi connectivity index (χ4v) is 1.53. The van der Waals surface area contributed by atoms with E-state index in [1.165, 1.54) is 25.7 Å². The van der Waals surface area contributed by atoms with Gasteiger partial charge in [-0.15, -0.1) is 0 Å². The van der Waals surface area contributed by atoms with Crippen molar-refractivity contribution in [1.82, 2.24) is 0 Å². The van der Waals surface area contributed by atoms with E-state index in [9.17, 15) is 4.39 Å². The van der Waals surface area contributed by atoms with Crippen LogP contribution in [0.25, 0.3) is 0 Å². The molecule has 0 amide bonds. The summed E-state index contributed by atoms with van der Waals surface area (Å²) in [7, 11) is 0. The van der Waals surface area contributed by atoms with Gasteiger partial charge in [-0.1, -0.05) is 38.7 Å². The second kappa shape index (κ2) is 7.49. The Morgan fingerprint density at radius 2 is 2.07 bits per heavy atom. The van der Waals surface area contributed by atoms with E-state index in [2.05, 4.69) is 6.92 Å². The summed E-state index contributed by atoms with van der Waals surface area (Å²) < 4.78 is 18.5. The number of hydrogen-bond donors (Lipinski definition) is 0. The van der Waals surface area contributed by atoms with E-state index in [4.69, 9.17) is 4.74 Å². The number of ether oxygens (including phenoxy) is 1. The van der Waals surface area contributed by atoms with E-state index in [1.54, 1.807) is 12.5 Å². The molecule has 1 aliphatic carbocycles. The molecular formula is C13H20FO. The summed E-state index contributed by atoms with van der Waals surface area (Å²) in [4.78, 5) is 0. The van der Waals surface area contributed by atoms with E-state index < -0.39 is 0 Å². The Labute approximate surface area is 92.0 Å². The van der Waals surface area contributed by atoms with Crippen molar-refractivity contribution in [2.24, 2.45) is 0 Å². The molecule has 0 atom stereocenters. The minimum atomic E-state index is -0.217. The Kier molecular flexibility index (Phi) is 6.14. The van der Waals surface area contributed by atoms with E-state index in [0.29, 0.717) is 18.8 Å². The highest BCUT2D eigenvalue weighted by atomic mass is 19.1. The van der Waals surface area contributed by atoms with Crippen LogP contribution >= 0.6 is 0 Å². The fraction of sp³-hybridized carbons (Fsp3) is 0.615. The third-order valence-electron chi connectivity index (χ3n) is 2.44. The monoisotopic (exact) mass is 211 g/mol. The first kappa shape index (κ1) is 12.3. The molecule has 0 spiro atoms. The highest BCUT2D eigenvalue weighted by Crippen LogP contribution is 2.20. The van der Waals surface area contributed by atoms with E-state index in [1.807, 2.05) is 6.08 Å². The molecule has 0 bridgehead atoms. The van der Waals surface area contributed by atoms with Gasteiger partial charge in [-0.25, -0.2) is 4.39 Å². The quantitative estimate of drug-likeness (QED) is 0.570. The predicted molar refractivity (Wildman–Crippen MR) is 60.9 cm³/mol. The number of halogens is 1. The molecule has 0 saturated carbocycles. The van der Waals surface area contributed by atoms with E-state index >= 15 is 0 Å². The topological polar surface area (TPSA) is 9.23 Å². The van der Waals surface area contributed by atoms with Crippen molar-refractivity contribution in [2.45, 2.75) is 45.4 Å². The molecule has 2 heteroatoms. The average molecular weight is 211 g/mol. The Morgan fingerprint density at radius 3 is 2.80 bits per heavy atom. The maximum absolute atomic E-state index is 13.1. The Hall–Kier alpha value is -0.790. The predicted octanol–water partition coefficient (Wildman–Crippen LogP) is 4.32. The Balaban J connectivity index is 2.07. The van der Waals surface area contributed by atoms with Gasteiger partial charge < -0.3 is 4.74 Å². The number of allylic oxidation sites excluding steroid dienone is 3. The lowest BCUT2D eigenvalue weighted by atomic mass is 10.1. The fourth-order valence-electron chi connectivity index (χ4n) is 1.53. The average Bonchev–Trinajstić information content (AvgIpc) is 2.25. The maximum Gasteiger partial charge on any atom is 0.150 e. The molecule has 1 nitrogen and oxygen atoms in total. The van der Waals surface area contributed by atoms with Gasteiger partial charge in [0.25, 0.3) is 0 Å². The highest BCUT2D eigenvalue weighted by molar-refractivity contribution is 5.26. The van der Waals surface area contributed by atoms with E-state index in [0.717, 1.165) is 6.42 Å². The summed E-state index contributed by atoms with van der Waals surface area (Å²) in [6.45, 7) is 2.82. The molecule has 1 rings (SSSR count). The van der Waals surface area contributed by atoms with Crippen molar-refractivity contribution in [2.75, 3.05) is 6.61 Å². The van der Waals surface area contributed by atoms with Crippen molar-refractivity contribution in [3.8, 4) is 0 Å². The summed E-state index contributed by atoms with van der Waals surface area (Å²) in [6, 6.07) is 0. The summed E-state index contributed by atoms with van der Waals surface area (Å²) in [5.74, 6) is 0.183. The van der Waals surface area contributed by atoms with Crippen molar-refractivity contribution in [3.63, 3.8) is 0 Å². The van der Waals surface area contributed by atoms with Crippen LogP contribution in [0.5, 0.6) is 0 Å². The van der Waals surface area contributed by atoms with Gasteiger partial charge in [0.05, 0.1) is 6.61 Å². The van der Waals surface area contributed by atoms with Gasteiger partial charge in [0.2, 0.25) is 0 Å². The molecular weight excluding hydrogens is 191 g/mol. The third kappa shape index (κ3) is 5.01. The molecule has 1 radical (unpaired) electrons. The van der Waals surface area contributed by atoms with Crippen LogP contribution in [0.2, 0.25) is 0 Å². The van der Waals surface area contributed by atoms with Gasteiger partial charge >= 0.3 is 0 Å². The molecule has 85 valence electrons. The normalized spacial score (nSPS) is 15.9. The second-order valence-electron chi connectivity index (χ2n) is 3.82. The summed E-state index contributed by atoms with van der Waals surface area (Å²) in [5, 5.41) is 0. The molecule has 0 aliphatic heterocycles. The van der Waals surface area contributed by atoms with Gasteiger partial charge in [0, 0.05) is 6.42 Å². The zero-order valence-electron chi connectivity index (χ0n) is 9.47. The molecule has 15 heavy (non-hydrogen) atoms. The first-order chi connectivity index (χ1) is 7.34. The Bertz CT molecular complexity index is 231. The van der Waals surface area contributed by atoms with Crippen LogP contribution in [0.4, 0.5) is 4.39 Å². The van der Waals surface area contributed by atoms with Crippen molar-refractivity contribution in [3.05, 3.63) is 30.2 Å². The molecule has 1 aliphatic rings. The zero-order valence-corrected chi connectivity index (χ0v) is 9.47. The van der Waals surface area contributed by atoms with Crippen molar-refractivity contribution in [1.29, 1.82) is 0 Å². The minimum absolute atomic E-state index is 0.217. The molecule has 0 aromatic rings. The van der Waals surface area contributed by atoms with Crippen LogP contribution in [0.1, 0.15) is 45.4 Å². The third-order valence-corrected chi connectivity index (χ3v) is 2.44. The lowest BCUT2D eigenvalue weighted by Crippen LogP contribution is -1.99. The SMILES string of the molecule is CCCCCCCOC1=C(F)[CH]CC=C1. The standard InChI is InChI=1S/C13H20FO/c1-2-3-4-5-8-11-15-13-10-7-6-9-12(13)14/h7,9-10H,2-6,8,11H2,1H3. The van der Waals surface area contributed by atoms with Gasteiger partial charge in [0.1, 0.15) is 5.83 Å². The lowest BCUT2D eigenvalue weighted by molar-refractivity contribution is 0.206. The number of hydrogen-bond acceptors (Lipinski definition) is 1. The molecule has 0 aromatic heterocycles. The summed E-state index contributed by atoms with van der Waals surface area (Å²) in [6.07, 6.45) is 11.8. The number of unbranched alkanes of at least 4 members (excludes halogenated alkanes) is 4. The molecule has 0 N–H and O–H groups in total. The lowest BCUT2D eigenvalue weighted by Gasteiger charge is -2.11. The zero-order chi connectivity index (χ0) is 10.9. The molecule has 0 unspecified atom stereocenters. The molecule has 0 aromatic carbocycles.